The fraction of sp³-hybridized carbons (Fsp3) is 0.933. The first-order valence-corrected chi connectivity index (χ1v) is 7.72. The van der Waals surface area contributed by atoms with Gasteiger partial charge >= 0.3 is 0 Å². The van der Waals surface area contributed by atoms with Crippen LogP contribution in [0.25, 0.3) is 0 Å². The highest BCUT2D eigenvalue weighted by Crippen LogP contribution is 2.27. The van der Waals surface area contributed by atoms with Crippen LogP contribution >= 0.6 is 0 Å². The van der Waals surface area contributed by atoms with Crippen molar-refractivity contribution in [2.75, 3.05) is 0 Å². The van der Waals surface area contributed by atoms with E-state index in [1.54, 1.807) is 0 Å². The minimum atomic E-state index is 0.166. The molecule has 0 aromatic carbocycles. The summed E-state index contributed by atoms with van der Waals surface area (Å²) in [5.74, 6) is 1.11. The van der Waals surface area contributed by atoms with E-state index in [0.29, 0.717) is 12.0 Å². The van der Waals surface area contributed by atoms with Gasteiger partial charge in [0.1, 0.15) is 0 Å². The van der Waals surface area contributed by atoms with Crippen LogP contribution in [-0.2, 0) is 4.79 Å². The van der Waals surface area contributed by atoms with Crippen LogP contribution in [0.2, 0.25) is 0 Å². The Hall–Kier alpha value is -0.570. The van der Waals surface area contributed by atoms with Gasteiger partial charge in [0, 0.05) is 18.0 Å². The summed E-state index contributed by atoms with van der Waals surface area (Å²) in [6, 6.07) is 0.579. The van der Waals surface area contributed by atoms with Crippen LogP contribution in [0.1, 0.15) is 64.7 Å². The van der Waals surface area contributed by atoms with Crippen LogP contribution in [0.3, 0.4) is 0 Å². The third kappa shape index (κ3) is 3.71. The van der Waals surface area contributed by atoms with Crippen molar-refractivity contribution in [3.8, 4) is 0 Å². The number of carbonyl (C=O) groups excluding carboxylic acids is 1. The van der Waals surface area contributed by atoms with Gasteiger partial charge in [-0.3, -0.25) is 4.79 Å². The standard InChI is InChI=1S/C15H28N2O/c1-11(12-6-3-2-4-7-12)17-15(18)13-8-5-9-14(16)10-13/h11-14H,2-10,16H2,1H3,(H,17,18)/t11-,13?,14?/m0/s1. The maximum Gasteiger partial charge on any atom is 0.223 e. The summed E-state index contributed by atoms with van der Waals surface area (Å²) < 4.78 is 0. The first kappa shape index (κ1) is 13.9. The van der Waals surface area contributed by atoms with Crippen LogP contribution < -0.4 is 11.1 Å². The van der Waals surface area contributed by atoms with Crippen molar-refractivity contribution >= 4 is 5.91 Å². The second-order valence-electron chi connectivity index (χ2n) is 6.32. The lowest BCUT2D eigenvalue weighted by atomic mass is 9.83. The molecular formula is C15H28N2O. The number of hydrogen-bond donors (Lipinski definition) is 2. The van der Waals surface area contributed by atoms with Crippen LogP contribution in [0.4, 0.5) is 0 Å². The van der Waals surface area contributed by atoms with Crippen molar-refractivity contribution in [3.05, 3.63) is 0 Å². The SMILES string of the molecule is C[C@H](NC(=O)C1CCCC(N)C1)C1CCCCC1. The second-order valence-corrected chi connectivity index (χ2v) is 6.32. The van der Waals surface area contributed by atoms with Gasteiger partial charge in [-0.2, -0.15) is 0 Å². The number of nitrogens with two attached hydrogens (primary N) is 1. The first-order valence-electron chi connectivity index (χ1n) is 7.72. The maximum absolute atomic E-state index is 12.2. The summed E-state index contributed by atoms with van der Waals surface area (Å²) in [6.45, 7) is 2.18. The second kappa shape index (κ2) is 6.55. The molecule has 3 nitrogen and oxygen atoms in total. The first-order chi connectivity index (χ1) is 8.66. The highest BCUT2D eigenvalue weighted by atomic mass is 16.1. The Labute approximate surface area is 111 Å². The molecule has 3 N–H and O–H groups in total. The van der Waals surface area contributed by atoms with E-state index in [2.05, 4.69) is 12.2 Å². The van der Waals surface area contributed by atoms with E-state index < -0.39 is 0 Å². The molecule has 2 saturated carbocycles. The van der Waals surface area contributed by atoms with Gasteiger partial charge in [-0.05, 0) is 44.9 Å². The normalized spacial score (nSPS) is 31.9. The molecule has 3 atom stereocenters. The fourth-order valence-electron chi connectivity index (χ4n) is 3.56. The fourth-order valence-corrected chi connectivity index (χ4v) is 3.56. The molecule has 0 spiro atoms. The smallest absolute Gasteiger partial charge is 0.223 e. The van der Waals surface area contributed by atoms with Crippen molar-refractivity contribution in [1.82, 2.24) is 5.32 Å². The topological polar surface area (TPSA) is 55.1 Å². The van der Waals surface area contributed by atoms with E-state index in [1.165, 1.54) is 32.1 Å². The van der Waals surface area contributed by atoms with Gasteiger partial charge < -0.3 is 11.1 Å². The molecule has 18 heavy (non-hydrogen) atoms. The van der Waals surface area contributed by atoms with Crippen molar-refractivity contribution < 1.29 is 4.79 Å². The lowest BCUT2D eigenvalue weighted by Gasteiger charge is -2.31. The van der Waals surface area contributed by atoms with E-state index in [-0.39, 0.29) is 17.9 Å². The van der Waals surface area contributed by atoms with Crippen molar-refractivity contribution in [1.29, 1.82) is 0 Å². The van der Waals surface area contributed by atoms with Gasteiger partial charge in [-0.15, -0.1) is 0 Å². The van der Waals surface area contributed by atoms with E-state index in [0.717, 1.165) is 25.7 Å². The molecule has 2 unspecified atom stereocenters. The van der Waals surface area contributed by atoms with Crippen molar-refractivity contribution in [2.24, 2.45) is 17.6 Å². The van der Waals surface area contributed by atoms with E-state index in [9.17, 15) is 4.79 Å². The third-order valence-corrected chi connectivity index (χ3v) is 4.81. The van der Waals surface area contributed by atoms with Gasteiger partial charge in [-0.25, -0.2) is 0 Å². The lowest BCUT2D eigenvalue weighted by molar-refractivity contribution is -0.127. The Morgan fingerprint density at radius 2 is 1.83 bits per heavy atom. The van der Waals surface area contributed by atoms with E-state index in [1.807, 2.05) is 0 Å². The number of hydrogen-bond acceptors (Lipinski definition) is 2. The highest BCUT2D eigenvalue weighted by Gasteiger charge is 2.28. The summed E-state index contributed by atoms with van der Waals surface area (Å²) >= 11 is 0. The van der Waals surface area contributed by atoms with Crippen LogP contribution in [-0.4, -0.2) is 18.0 Å². The predicted molar refractivity (Wildman–Crippen MR) is 74.1 cm³/mol. The Balaban J connectivity index is 1.78. The van der Waals surface area contributed by atoms with Gasteiger partial charge in [-0.1, -0.05) is 25.7 Å². The third-order valence-electron chi connectivity index (χ3n) is 4.81. The van der Waals surface area contributed by atoms with Crippen molar-refractivity contribution in [3.63, 3.8) is 0 Å². The van der Waals surface area contributed by atoms with Crippen LogP contribution in [0.5, 0.6) is 0 Å². The molecule has 2 aliphatic carbocycles. The Morgan fingerprint density at radius 3 is 2.50 bits per heavy atom. The Kier molecular flexibility index (Phi) is 5.04. The minimum Gasteiger partial charge on any atom is -0.353 e. The predicted octanol–water partition coefficient (Wildman–Crippen LogP) is 2.59. The summed E-state index contributed by atoms with van der Waals surface area (Å²) in [5, 5.41) is 3.25. The molecule has 0 aromatic heterocycles. The summed E-state index contributed by atoms with van der Waals surface area (Å²) in [4.78, 5) is 12.2. The minimum absolute atomic E-state index is 0.166. The molecule has 0 aromatic rings. The van der Waals surface area contributed by atoms with Crippen molar-refractivity contribution in [2.45, 2.75) is 76.8 Å². The zero-order chi connectivity index (χ0) is 13.0. The van der Waals surface area contributed by atoms with Gasteiger partial charge in [0.05, 0.1) is 0 Å². The summed E-state index contributed by atoms with van der Waals surface area (Å²) in [5.41, 5.74) is 5.96. The molecule has 3 heteroatoms. The lowest BCUT2D eigenvalue weighted by Crippen LogP contribution is -2.44. The Bertz CT molecular complexity index is 274. The average molecular weight is 252 g/mol. The molecule has 0 aliphatic heterocycles. The van der Waals surface area contributed by atoms with Crippen LogP contribution in [0.15, 0.2) is 0 Å². The monoisotopic (exact) mass is 252 g/mol. The molecule has 2 aliphatic rings. The molecule has 0 heterocycles. The summed E-state index contributed by atoms with van der Waals surface area (Å²) in [7, 11) is 0. The Morgan fingerprint density at radius 1 is 1.11 bits per heavy atom. The number of rotatable bonds is 3. The number of nitrogens with one attached hydrogen (secondary N) is 1. The zero-order valence-corrected chi connectivity index (χ0v) is 11.7. The number of carbonyl (C=O) groups is 1. The van der Waals surface area contributed by atoms with Gasteiger partial charge in [0.25, 0.3) is 0 Å². The quantitative estimate of drug-likeness (QED) is 0.811. The molecule has 1 amide bonds. The number of amides is 1. The molecule has 0 radical (unpaired) electrons. The molecule has 104 valence electrons. The highest BCUT2D eigenvalue weighted by molar-refractivity contribution is 5.79. The molecule has 2 rings (SSSR count). The maximum atomic E-state index is 12.2. The molecule has 0 bridgehead atoms. The van der Waals surface area contributed by atoms with E-state index >= 15 is 0 Å². The van der Waals surface area contributed by atoms with E-state index in [4.69, 9.17) is 5.73 Å². The van der Waals surface area contributed by atoms with Gasteiger partial charge in [0.2, 0.25) is 5.91 Å². The molecule has 0 saturated heterocycles. The van der Waals surface area contributed by atoms with Gasteiger partial charge in [0.15, 0.2) is 0 Å². The molecule has 2 fully saturated rings. The zero-order valence-electron chi connectivity index (χ0n) is 11.7. The average Bonchev–Trinajstić information content (AvgIpc) is 2.39. The largest absolute Gasteiger partial charge is 0.353 e. The van der Waals surface area contributed by atoms with Crippen LogP contribution in [0, 0.1) is 11.8 Å². The summed E-state index contributed by atoms with van der Waals surface area (Å²) in [6.07, 6.45) is 10.7. The molecular weight excluding hydrogens is 224 g/mol.